The number of carbonyl (C=O) groups excluding carboxylic acids is 1. The smallest absolute Gasteiger partial charge is 0.239 e. The Morgan fingerprint density at radius 3 is 2.24 bits per heavy atom. The molecule has 1 fully saturated rings. The van der Waals surface area contributed by atoms with Crippen molar-refractivity contribution in [1.82, 2.24) is 10.2 Å². The van der Waals surface area contributed by atoms with E-state index in [0.29, 0.717) is 5.41 Å². The summed E-state index contributed by atoms with van der Waals surface area (Å²) in [5.41, 5.74) is 0.484. The predicted octanol–water partition coefficient (Wildman–Crippen LogP) is 2.41. The molecule has 0 saturated heterocycles. The van der Waals surface area contributed by atoms with Crippen LogP contribution in [-0.2, 0) is 4.79 Å². The number of nitrogens with one attached hydrogen (secondary N) is 1. The highest BCUT2D eigenvalue weighted by Gasteiger charge is 2.35. The van der Waals surface area contributed by atoms with Gasteiger partial charge in [0.15, 0.2) is 0 Å². The van der Waals surface area contributed by atoms with E-state index in [1.807, 2.05) is 25.7 Å². The summed E-state index contributed by atoms with van der Waals surface area (Å²) < 4.78 is 0. The molecule has 0 aromatic rings. The second-order valence-corrected chi connectivity index (χ2v) is 5.32. The van der Waals surface area contributed by atoms with Gasteiger partial charge in [0.2, 0.25) is 5.91 Å². The van der Waals surface area contributed by atoms with Crippen LogP contribution in [0.25, 0.3) is 0 Å². The van der Waals surface area contributed by atoms with Crippen molar-refractivity contribution in [3.63, 3.8) is 0 Å². The molecule has 0 spiro atoms. The van der Waals surface area contributed by atoms with Crippen LogP contribution in [0.4, 0.5) is 0 Å². The molecular formula is C14H28N2O. The summed E-state index contributed by atoms with van der Waals surface area (Å²) in [7, 11) is 0. The van der Waals surface area contributed by atoms with E-state index in [2.05, 4.69) is 12.2 Å². The Morgan fingerprint density at radius 1 is 1.29 bits per heavy atom. The Morgan fingerprint density at radius 2 is 1.88 bits per heavy atom. The molecule has 1 aliphatic rings. The predicted molar refractivity (Wildman–Crippen MR) is 72.0 cm³/mol. The van der Waals surface area contributed by atoms with Gasteiger partial charge in [0.25, 0.3) is 0 Å². The van der Waals surface area contributed by atoms with Crippen molar-refractivity contribution >= 4 is 5.91 Å². The van der Waals surface area contributed by atoms with E-state index in [1.165, 1.54) is 25.7 Å². The van der Waals surface area contributed by atoms with Crippen LogP contribution in [-0.4, -0.2) is 36.5 Å². The van der Waals surface area contributed by atoms with Gasteiger partial charge in [-0.2, -0.15) is 0 Å². The van der Waals surface area contributed by atoms with Crippen molar-refractivity contribution in [2.24, 2.45) is 5.41 Å². The monoisotopic (exact) mass is 240 g/mol. The van der Waals surface area contributed by atoms with Crippen molar-refractivity contribution in [2.45, 2.75) is 59.4 Å². The molecule has 1 atom stereocenters. The normalized spacial score (nSPS) is 19.5. The van der Waals surface area contributed by atoms with Gasteiger partial charge in [-0.05, 0) is 45.4 Å². The quantitative estimate of drug-likeness (QED) is 0.741. The van der Waals surface area contributed by atoms with E-state index < -0.39 is 0 Å². The van der Waals surface area contributed by atoms with Crippen LogP contribution in [0.1, 0.15) is 53.4 Å². The number of amides is 1. The van der Waals surface area contributed by atoms with E-state index in [0.717, 1.165) is 19.6 Å². The maximum absolute atomic E-state index is 12.1. The Bertz CT molecular complexity index is 239. The molecule has 100 valence electrons. The highest BCUT2D eigenvalue weighted by atomic mass is 16.2. The van der Waals surface area contributed by atoms with E-state index in [9.17, 15) is 4.79 Å². The summed E-state index contributed by atoms with van der Waals surface area (Å²) in [4.78, 5) is 14.0. The largest absolute Gasteiger partial charge is 0.342 e. The Kier molecular flexibility index (Phi) is 5.44. The minimum Gasteiger partial charge on any atom is -0.342 e. The summed E-state index contributed by atoms with van der Waals surface area (Å²) in [6.45, 7) is 10.9. The standard InChI is InChI=1S/C14H28N2O/c1-5-14(9-8-10-14)11-15-12(4)13(17)16(6-2)7-3/h12,15H,5-11H2,1-4H3. The fourth-order valence-electron chi connectivity index (χ4n) is 2.60. The lowest BCUT2D eigenvalue weighted by Crippen LogP contribution is -2.49. The van der Waals surface area contributed by atoms with Gasteiger partial charge in [-0.15, -0.1) is 0 Å². The first-order valence-electron chi connectivity index (χ1n) is 7.10. The molecule has 1 aliphatic carbocycles. The van der Waals surface area contributed by atoms with Crippen molar-refractivity contribution in [2.75, 3.05) is 19.6 Å². The Hall–Kier alpha value is -0.570. The van der Waals surface area contributed by atoms with Crippen molar-refractivity contribution in [3.8, 4) is 0 Å². The minimum atomic E-state index is -0.0427. The molecule has 0 aliphatic heterocycles. The highest BCUT2D eigenvalue weighted by molar-refractivity contribution is 5.81. The van der Waals surface area contributed by atoms with E-state index >= 15 is 0 Å². The number of carbonyl (C=O) groups is 1. The van der Waals surface area contributed by atoms with Crippen LogP contribution >= 0.6 is 0 Å². The van der Waals surface area contributed by atoms with Crippen LogP contribution in [0.5, 0.6) is 0 Å². The summed E-state index contributed by atoms with van der Waals surface area (Å²) >= 11 is 0. The molecule has 0 heterocycles. The molecule has 1 saturated carbocycles. The zero-order chi connectivity index (χ0) is 12.9. The first kappa shape index (κ1) is 14.5. The fourth-order valence-corrected chi connectivity index (χ4v) is 2.60. The summed E-state index contributed by atoms with van der Waals surface area (Å²) in [5, 5.41) is 3.43. The van der Waals surface area contributed by atoms with Gasteiger partial charge in [-0.25, -0.2) is 0 Å². The average Bonchev–Trinajstić information content (AvgIpc) is 2.29. The molecule has 1 N–H and O–H groups in total. The van der Waals surface area contributed by atoms with Crippen molar-refractivity contribution in [1.29, 1.82) is 0 Å². The van der Waals surface area contributed by atoms with Crippen molar-refractivity contribution in [3.05, 3.63) is 0 Å². The number of hydrogen-bond acceptors (Lipinski definition) is 2. The van der Waals surface area contributed by atoms with Gasteiger partial charge in [0, 0.05) is 19.6 Å². The lowest BCUT2D eigenvalue weighted by atomic mass is 9.67. The van der Waals surface area contributed by atoms with Crippen LogP contribution in [0, 0.1) is 5.41 Å². The zero-order valence-electron chi connectivity index (χ0n) is 11.9. The van der Waals surface area contributed by atoms with Crippen LogP contribution in [0.2, 0.25) is 0 Å². The maximum atomic E-state index is 12.1. The van der Waals surface area contributed by atoms with Gasteiger partial charge >= 0.3 is 0 Å². The van der Waals surface area contributed by atoms with Crippen LogP contribution in [0.15, 0.2) is 0 Å². The number of hydrogen-bond donors (Lipinski definition) is 1. The molecule has 0 aromatic carbocycles. The molecule has 3 heteroatoms. The molecule has 0 aromatic heterocycles. The van der Waals surface area contributed by atoms with Gasteiger partial charge in [-0.1, -0.05) is 13.3 Å². The highest BCUT2D eigenvalue weighted by Crippen LogP contribution is 2.43. The summed E-state index contributed by atoms with van der Waals surface area (Å²) in [6, 6.07) is -0.0427. The first-order chi connectivity index (χ1) is 8.08. The third-order valence-electron chi connectivity index (χ3n) is 4.39. The zero-order valence-corrected chi connectivity index (χ0v) is 11.9. The van der Waals surface area contributed by atoms with Crippen LogP contribution in [0.3, 0.4) is 0 Å². The third-order valence-corrected chi connectivity index (χ3v) is 4.39. The molecule has 1 amide bonds. The number of nitrogens with zero attached hydrogens (tertiary/aromatic N) is 1. The molecule has 3 nitrogen and oxygen atoms in total. The maximum Gasteiger partial charge on any atom is 0.239 e. The fraction of sp³-hybridized carbons (Fsp3) is 0.929. The van der Waals surface area contributed by atoms with Gasteiger partial charge in [0.1, 0.15) is 0 Å². The second kappa shape index (κ2) is 6.39. The molecule has 1 unspecified atom stereocenters. The molecule has 0 bridgehead atoms. The second-order valence-electron chi connectivity index (χ2n) is 5.32. The lowest BCUT2D eigenvalue weighted by molar-refractivity contribution is -0.132. The average molecular weight is 240 g/mol. The number of rotatable bonds is 7. The molecule has 0 radical (unpaired) electrons. The minimum absolute atomic E-state index is 0.0427. The van der Waals surface area contributed by atoms with E-state index in [4.69, 9.17) is 0 Å². The Balaban J connectivity index is 2.38. The molecular weight excluding hydrogens is 212 g/mol. The van der Waals surface area contributed by atoms with Crippen LogP contribution < -0.4 is 5.32 Å². The summed E-state index contributed by atoms with van der Waals surface area (Å²) in [5.74, 6) is 0.237. The number of likely N-dealkylation sites (N-methyl/N-ethyl adjacent to an activating group) is 1. The third kappa shape index (κ3) is 3.44. The SMILES string of the molecule is CCN(CC)C(=O)C(C)NCC1(CC)CCC1. The van der Waals surface area contributed by atoms with Crippen molar-refractivity contribution < 1.29 is 4.79 Å². The molecule has 17 heavy (non-hydrogen) atoms. The molecule has 1 rings (SSSR count). The van der Waals surface area contributed by atoms with E-state index in [1.54, 1.807) is 0 Å². The van der Waals surface area contributed by atoms with Gasteiger partial charge < -0.3 is 10.2 Å². The van der Waals surface area contributed by atoms with Gasteiger partial charge in [0.05, 0.1) is 6.04 Å². The summed E-state index contributed by atoms with van der Waals surface area (Å²) in [6.07, 6.45) is 5.23. The topological polar surface area (TPSA) is 32.3 Å². The Labute approximate surface area is 106 Å². The first-order valence-corrected chi connectivity index (χ1v) is 7.10. The van der Waals surface area contributed by atoms with E-state index in [-0.39, 0.29) is 11.9 Å². The van der Waals surface area contributed by atoms with Gasteiger partial charge in [-0.3, -0.25) is 4.79 Å². The lowest BCUT2D eigenvalue weighted by Gasteiger charge is -2.42.